The normalized spacial score (nSPS) is 15.4. The topological polar surface area (TPSA) is 107 Å². The minimum Gasteiger partial charge on any atom is -0.482 e. The molecule has 2 aromatic carbocycles. The van der Waals surface area contributed by atoms with Crippen LogP contribution in [0, 0.1) is 6.92 Å². The van der Waals surface area contributed by atoms with Gasteiger partial charge in [0.05, 0.1) is 28.5 Å². The van der Waals surface area contributed by atoms with E-state index in [0.29, 0.717) is 26.4 Å². The van der Waals surface area contributed by atoms with E-state index in [1.54, 1.807) is 48.8 Å². The molecule has 0 aliphatic carbocycles. The van der Waals surface area contributed by atoms with Gasteiger partial charge < -0.3 is 14.6 Å². The number of carboxylic acid groups (broad SMARTS) is 1. The fraction of sp³-hybridized carbons (Fsp3) is 0.231. The minimum absolute atomic E-state index is 0.215. The molecular weight excluding hydrogens is 468 g/mol. The number of aryl methyl sites for hydroxylation is 1. The fourth-order valence-electron chi connectivity index (χ4n) is 3.81. The second-order valence-corrected chi connectivity index (χ2v) is 8.97. The molecule has 0 radical (unpaired) electrons. The number of carbonyl (C=O) groups excluding carboxylic acids is 1. The molecule has 0 spiro atoms. The number of rotatable bonds is 7. The van der Waals surface area contributed by atoms with Gasteiger partial charge in [-0.2, -0.15) is 0 Å². The Balaban J connectivity index is 1.81. The number of esters is 1. The van der Waals surface area contributed by atoms with E-state index in [1.165, 1.54) is 11.3 Å². The number of hydrogen-bond acceptors (Lipinski definition) is 7. The molecule has 8 nitrogen and oxygen atoms in total. The number of aliphatic carboxylic acids is 1. The van der Waals surface area contributed by atoms with Crippen LogP contribution in [0.2, 0.25) is 0 Å². The van der Waals surface area contributed by atoms with E-state index in [9.17, 15) is 14.4 Å². The standard InChI is InChI=1S/C26H24N2O6S/c1-4-33-25(32)22-16(3)27-26-28(23(22)18-9-5-15(2)6-10-18)24(31)20(35-26)13-17-7-11-19(12-8-17)34-14-21(29)30/h5-13,23H,4,14H2,1-3H3,(H,29,30)/b20-13+/t23-/m0/s1. The molecule has 4 rings (SSSR count). The first-order valence-electron chi connectivity index (χ1n) is 11.0. The number of benzene rings is 2. The summed E-state index contributed by atoms with van der Waals surface area (Å²) in [5.41, 5.74) is 3.19. The number of fused-ring (bicyclic) bond motifs is 1. The van der Waals surface area contributed by atoms with Gasteiger partial charge in [-0.05, 0) is 50.1 Å². The summed E-state index contributed by atoms with van der Waals surface area (Å²) in [6.07, 6.45) is 1.74. The van der Waals surface area contributed by atoms with Crippen molar-refractivity contribution >= 4 is 29.4 Å². The first-order valence-corrected chi connectivity index (χ1v) is 11.8. The predicted molar refractivity (Wildman–Crippen MR) is 131 cm³/mol. The summed E-state index contributed by atoms with van der Waals surface area (Å²) in [4.78, 5) is 42.2. The van der Waals surface area contributed by atoms with Gasteiger partial charge in [-0.25, -0.2) is 14.6 Å². The Hall–Kier alpha value is -3.98. The summed E-state index contributed by atoms with van der Waals surface area (Å²) >= 11 is 1.24. The highest BCUT2D eigenvalue weighted by Gasteiger charge is 2.33. The van der Waals surface area contributed by atoms with Crippen LogP contribution in [-0.4, -0.2) is 34.8 Å². The second kappa shape index (κ2) is 10.1. The lowest BCUT2D eigenvalue weighted by Gasteiger charge is -2.24. The summed E-state index contributed by atoms with van der Waals surface area (Å²) in [5, 5.41) is 8.75. The van der Waals surface area contributed by atoms with Crippen molar-refractivity contribution in [1.82, 2.24) is 4.57 Å². The fourth-order valence-corrected chi connectivity index (χ4v) is 4.86. The molecular formula is C26H24N2O6S. The Bertz CT molecular complexity index is 1480. The number of allylic oxidation sites excluding steroid dienone is 1. The van der Waals surface area contributed by atoms with Crippen molar-refractivity contribution in [1.29, 1.82) is 0 Å². The van der Waals surface area contributed by atoms with E-state index in [4.69, 9.17) is 14.6 Å². The van der Waals surface area contributed by atoms with Crippen molar-refractivity contribution in [3.05, 3.63) is 96.2 Å². The van der Waals surface area contributed by atoms with E-state index in [2.05, 4.69) is 4.99 Å². The Morgan fingerprint density at radius 3 is 2.43 bits per heavy atom. The summed E-state index contributed by atoms with van der Waals surface area (Å²) in [7, 11) is 0. The molecule has 0 unspecified atom stereocenters. The van der Waals surface area contributed by atoms with E-state index in [0.717, 1.165) is 16.7 Å². The maximum Gasteiger partial charge on any atom is 0.341 e. The predicted octanol–water partition coefficient (Wildman–Crippen LogP) is 2.57. The quantitative estimate of drug-likeness (QED) is 0.508. The van der Waals surface area contributed by atoms with Crippen LogP contribution in [0.15, 0.2) is 69.6 Å². The molecule has 1 atom stereocenters. The van der Waals surface area contributed by atoms with Gasteiger partial charge in [-0.1, -0.05) is 53.3 Å². The molecule has 2 heterocycles. The zero-order chi connectivity index (χ0) is 25.1. The minimum atomic E-state index is -1.06. The Kier molecular flexibility index (Phi) is 6.97. The lowest BCUT2D eigenvalue weighted by molar-refractivity contribution is -0.140. The van der Waals surface area contributed by atoms with Gasteiger partial charge in [0, 0.05) is 0 Å². The Morgan fingerprint density at radius 2 is 1.80 bits per heavy atom. The number of ether oxygens (including phenoxy) is 2. The summed E-state index contributed by atoms with van der Waals surface area (Å²) in [6, 6.07) is 13.8. The van der Waals surface area contributed by atoms with Crippen LogP contribution in [0.25, 0.3) is 6.08 Å². The molecule has 0 saturated heterocycles. The van der Waals surface area contributed by atoms with E-state index < -0.39 is 24.6 Å². The molecule has 1 N–H and O–H groups in total. The van der Waals surface area contributed by atoms with Crippen LogP contribution in [0.1, 0.15) is 36.6 Å². The number of thiazole rings is 1. The highest BCUT2D eigenvalue weighted by Crippen LogP contribution is 2.30. The molecule has 35 heavy (non-hydrogen) atoms. The van der Waals surface area contributed by atoms with Gasteiger partial charge in [0.15, 0.2) is 11.4 Å². The molecule has 1 aliphatic heterocycles. The molecule has 0 fully saturated rings. The first-order chi connectivity index (χ1) is 16.8. The third kappa shape index (κ3) is 5.09. The Morgan fingerprint density at radius 1 is 1.11 bits per heavy atom. The number of aromatic nitrogens is 1. The molecule has 0 amide bonds. The van der Waals surface area contributed by atoms with Crippen LogP contribution < -0.4 is 19.6 Å². The average Bonchev–Trinajstić information content (AvgIpc) is 3.12. The molecule has 3 aromatic rings. The molecule has 0 saturated carbocycles. The van der Waals surface area contributed by atoms with Crippen molar-refractivity contribution < 1.29 is 24.2 Å². The third-order valence-corrected chi connectivity index (χ3v) is 6.43. The molecule has 0 bridgehead atoms. The van der Waals surface area contributed by atoms with Crippen LogP contribution >= 0.6 is 11.3 Å². The summed E-state index contributed by atoms with van der Waals surface area (Å²) in [5.74, 6) is -1.14. The third-order valence-electron chi connectivity index (χ3n) is 5.45. The highest BCUT2D eigenvalue weighted by atomic mass is 32.1. The van der Waals surface area contributed by atoms with Crippen LogP contribution in [0.5, 0.6) is 5.75 Å². The van der Waals surface area contributed by atoms with E-state index >= 15 is 0 Å². The maximum absolute atomic E-state index is 13.6. The Labute approximate surface area is 205 Å². The van der Waals surface area contributed by atoms with Crippen LogP contribution in [0.3, 0.4) is 0 Å². The zero-order valence-corrected chi connectivity index (χ0v) is 20.3. The SMILES string of the molecule is CCOC(=O)C1=C(C)N=c2s/c(=C/c3ccc(OCC(=O)O)cc3)c(=O)n2[C@H]1c1ccc(C)cc1. The number of hydrogen-bond donors (Lipinski definition) is 1. The van der Waals surface area contributed by atoms with Gasteiger partial charge >= 0.3 is 11.9 Å². The smallest absolute Gasteiger partial charge is 0.341 e. The largest absolute Gasteiger partial charge is 0.482 e. The van der Waals surface area contributed by atoms with Gasteiger partial charge in [-0.3, -0.25) is 9.36 Å². The summed E-state index contributed by atoms with van der Waals surface area (Å²) < 4.78 is 12.5. The van der Waals surface area contributed by atoms with Crippen LogP contribution in [-0.2, 0) is 14.3 Å². The van der Waals surface area contributed by atoms with Crippen molar-refractivity contribution in [3.63, 3.8) is 0 Å². The lowest BCUT2D eigenvalue weighted by Crippen LogP contribution is -2.39. The zero-order valence-electron chi connectivity index (χ0n) is 19.5. The van der Waals surface area contributed by atoms with Crippen molar-refractivity contribution in [2.45, 2.75) is 26.8 Å². The molecule has 1 aromatic heterocycles. The van der Waals surface area contributed by atoms with Crippen LogP contribution in [0.4, 0.5) is 0 Å². The van der Waals surface area contributed by atoms with Crippen molar-refractivity contribution in [3.8, 4) is 5.75 Å². The van der Waals surface area contributed by atoms with Gasteiger partial charge in [-0.15, -0.1) is 0 Å². The number of carbonyl (C=O) groups is 2. The maximum atomic E-state index is 13.6. The van der Waals surface area contributed by atoms with Gasteiger partial charge in [0.2, 0.25) is 0 Å². The monoisotopic (exact) mass is 492 g/mol. The van der Waals surface area contributed by atoms with Crippen molar-refractivity contribution in [2.24, 2.45) is 4.99 Å². The summed E-state index contributed by atoms with van der Waals surface area (Å²) in [6.45, 7) is 5.24. The van der Waals surface area contributed by atoms with Gasteiger partial charge in [0.1, 0.15) is 5.75 Å². The van der Waals surface area contributed by atoms with Crippen molar-refractivity contribution in [2.75, 3.05) is 13.2 Å². The van der Waals surface area contributed by atoms with E-state index in [1.807, 2.05) is 31.2 Å². The first kappa shape index (κ1) is 24.2. The number of nitrogens with zero attached hydrogens (tertiary/aromatic N) is 2. The second-order valence-electron chi connectivity index (χ2n) is 7.96. The average molecular weight is 493 g/mol. The number of carboxylic acids is 1. The molecule has 1 aliphatic rings. The van der Waals surface area contributed by atoms with E-state index in [-0.39, 0.29) is 12.2 Å². The van der Waals surface area contributed by atoms with Gasteiger partial charge in [0.25, 0.3) is 5.56 Å². The highest BCUT2D eigenvalue weighted by molar-refractivity contribution is 7.07. The molecule has 180 valence electrons. The lowest BCUT2D eigenvalue weighted by atomic mass is 9.95. The molecule has 9 heteroatoms.